The van der Waals surface area contributed by atoms with Crippen LogP contribution >= 0.6 is 23.2 Å². The predicted octanol–water partition coefficient (Wildman–Crippen LogP) is 4.31. The van der Waals surface area contributed by atoms with E-state index in [2.05, 4.69) is 10.6 Å². The summed E-state index contributed by atoms with van der Waals surface area (Å²) in [7, 11) is 1.56. The van der Waals surface area contributed by atoms with Crippen molar-refractivity contribution < 1.29 is 9.59 Å². The topological polar surface area (TPSA) is 96.3 Å². The van der Waals surface area contributed by atoms with Crippen LogP contribution in [-0.4, -0.2) is 45.4 Å². The monoisotopic (exact) mass is 527 g/mol. The number of carbonyl (C=O) groups excluding carboxylic acids is 2. The second-order valence-corrected chi connectivity index (χ2v) is 9.86. The van der Waals surface area contributed by atoms with E-state index in [4.69, 9.17) is 28.2 Å². The molecule has 1 aliphatic rings. The minimum Gasteiger partial charge on any atom is -0.355 e. The molecule has 1 aliphatic heterocycles. The molecule has 2 N–H and O–H groups in total. The maximum atomic E-state index is 13.8. The fourth-order valence-corrected chi connectivity index (χ4v) is 4.55. The summed E-state index contributed by atoms with van der Waals surface area (Å²) in [5, 5.41) is 6.52. The molecule has 2 aromatic carbocycles. The average Bonchev–Trinajstić information content (AvgIpc) is 2.85. The van der Waals surface area contributed by atoms with Crippen LogP contribution in [-0.2, 0) is 13.0 Å². The van der Waals surface area contributed by atoms with E-state index in [0.717, 1.165) is 0 Å². The van der Waals surface area contributed by atoms with Crippen LogP contribution in [0.1, 0.15) is 52.7 Å². The van der Waals surface area contributed by atoms with Crippen molar-refractivity contribution in [2.75, 3.05) is 12.4 Å². The molecule has 36 heavy (non-hydrogen) atoms. The van der Waals surface area contributed by atoms with Gasteiger partial charge in [-0.3, -0.25) is 14.4 Å². The summed E-state index contributed by atoms with van der Waals surface area (Å²) < 4.78 is 1.49. The maximum Gasteiger partial charge on any atom is 0.263 e. The standard InChI is InChI=1S/C26H27Cl2N5O3/c1-14(2)30-26-31-22-13-32(24(35)17-8-9-20(27)21(28)12-17)15(3)10-19(22)25(36)33(26)18-7-5-6-16(11-18)23(34)29-4/h5-9,11-12,14-15H,10,13H2,1-4H3,(H,29,34)(H,30,31)/t15-/m1/s1. The molecule has 2 heterocycles. The number of halogens is 2. The fraction of sp³-hybridized carbons (Fsp3) is 0.308. The minimum atomic E-state index is -0.251. The largest absolute Gasteiger partial charge is 0.355 e. The summed E-state index contributed by atoms with van der Waals surface area (Å²) in [6, 6.07) is 11.3. The first-order valence-electron chi connectivity index (χ1n) is 11.6. The third kappa shape index (κ3) is 4.96. The van der Waals surface area contributed by atoms with E-state index in [1.807, 2.05) is 20.8 Å². The third-order valence-corrected chi connectivity index (χ3v) is 6.79. The Hall–Kier alpha value is -3.36. The van der Waals surface area contributed by atoms with Gasteiger partial charge in [0.25, 0.3) is 17.4 Å². The van der Waals surface area contributed by atoms with Crippen LogP contribution < -0.4 is 16.2 Å². The van der Waals surface area contributed by atoms with Gasteiger partial charge < -0.3 is 15.5 Å². The molecule has 3 aromatic rings. The van der Waals surface area contributed by atoms with Gasteiger partial charge in [-0.1, -0.05) is 29.3 Å². The van der Waals surface area contributed by atoms with Crippen molar-refractivity contribution in [3.05, 3.63) is 85.2 Å². The van der Waals surface area contributed by atoms with Crippen molar-refractivity contribution in [1.29, 1.82) is 0 Å². The van der Waals surface area contributed by atoms with Crippen LogP contribution in [0.15, 0.2) is 47.3 Å². The van der Waals surface area contributed by atoms with Crippen molar-refractivity contribution in [3.8, 4) is 5.69 Å². The molecular weight excluding hydrogens is 501 g/mol. The number of fused-ring (bicyclic) bond motifs is 1. The zero-order valence-corrected chi connectivity index (χ0v) is 21.9. The van der Waals surface area contributed by atoms with Crippen molar-refractivity contribution in [2.45, 2.75) is 45.8 Å². The van der Waals surface area contributed by atoms with Crippen LogP contribution in [0.4, 0.5) is 5.95 Å². The molecule has 188 valence electrons. The highest BCUT2D eigenvalue weighted by atomic mass is 35.5. The molecule has 0 spiro atoms. The lowest BCUT2D eigenvalue weighted by Crippen LogP contribution is -2.46. The number of nitrogens with zero attached hydrogens (tertiary/aromatic N) is 3. The van der Waals surface area contributed by atoms with Crippen LogP contribution in [0.5, 0.6) is 0 Å². The van der Waals surface area contributed by atoms with E-state index in [0.29, 0.717) is 50.5 Å². The van der Waals surface area contributed by atoms with E-state index < -0.39 is 0 Å². The summed E-state index contributed by atoms with van der Waals surface area (Å²) in [4.78, 5) is 45.8. The zero-order chi connectivity index (χ0) is 26.1. The van der Waals surface area contributed by atoms with Gasteiger partial charge in [-0.05, 0) is 63.6 Å². The molecule has 0 saturated heterocycles. The van der Waals surface area contributed by atoms with E-state index >= 15 is 0 Å². The summed E-state index contributed by atoms with van der Waals surface area (Å²) in [5.41, 5.74) is 2.22. The third-order valence-electron chi connectivity index (χ3n) is 6.05. The first-order chi connectivity index (χ1) is 17.1. The smallest absolute Gasteiger partial charge is 0.263 e. The normalized spacial score (nSPS) is 15.0. The molecule has 1 atom stereocenters. The molecular formula is C26H27Cl2N5O3. The zero-order valence-electron chi connectivity index (χ0n) is 20.4. The lowest BCUT2D eigenvalue weighted by molar-refractivity contribution is 0.0653. The van der Waals surface area contributed by atoms with Gasteiger partial charge in [-0.25, -0.2) is 9.55 Å². The Morgan fingerprint density at radius 1 is 1.08 bits per heavy atom. The highest BCUT2D eigenvalue weighted by molar-refractivity contribution is 6.42. The summed E-state index contributed by atoms with van der Waals surface area (Å²) in [6.07, 6.45) is 0.339. The van der Waals surface area contributed by atoms with Crippen molar-refractivity contribution in [1.82, 2.24) is 19.8 Å². The first-order valence-corrected chi connectivity index (χ1v) is 12.4. The summed E-state index contributed by atoms with van der Waals surface area (Å²) >= 11 is 12.1. The number of amides is 2. The summed E-state index contributed by atoms with van der Waals surface area (Å²) in [6.45, 7) is 5.96. The fourth-order valence-electron chi connectivity index (χ4n) is 4.25. The SMILES string of the molecule is CNC(=O)c1cccc(-n2c(NC(C)C)nc3c(c2=O)C[C@@H](C)N(C(=O)c2ccc(Cl)c(Cl)c2)C3)c1. The lowest BCUT2D eigenvalue weighted by Gasteiger charge is -2.35. The Morgan fingerprint density at radius 3 is 2.50 bits per heavy atom. The van der Waals surface area contributed by atoms with E-state index in [1.165, 1.54) is 4.57 Å². The van der Waals surface area contributed by atoms with Crippen molar-refractivity contribution in [2.24, 2.45) is 0 Å². The number of anilines is 1. The van der Waals surface area contributed by atoms with Crippen LogP contribution in [0, 0.1) is 0 Å². The Kier molecular flexibility index (Phi) is 7.38. The van der Waals surface area contributed by atoms with Gasteiger partial charge in [0.15, 0.2) is 0 Å². The number of rotatable bonds is 5. The molecule has 1 aromatic heterocycles. The van der Waals surface area contributed by atoms with Crippen LogP contribution in [0.25, 0.3) is 5.69 Å². The van der Waals surface area contributed by atoms with Gasteiger partial charge >= 0.3 is 0 Å². The van der Waals surface area contributed by atoms with E-state index in [-0.39, 0.29) is 36.0 Å². The second-order valence-electron chi connectivity index (χ2n) is 9.04. The first kappa shape index (κ1) is 25.7. The molecule has 4 rings (SSSR count). The Morgan fingerprint density at radius 2 is 1.83 bits per heavy atom. The van der Waals surface area contributed by atoms with Crippen LogP contribution in [0.3, 0.4) is 0 Å². The Balaban J connectivity index is 1.79. The number of benzene rings is 2. The minimum absolute atomic E-state index is 0.0141. The number of nitrogens with one attached hydrogen (secondary N) is 2. The highest BCUT2D eigenvalue weighted by Gasteiger charge is 2.32. The predicted molar refractivity (Wildman–Crippen MR) is 141 cm³/mol. The lowest BCUT2D eigenvalue weighted by atomic mass is 9.98. The number of aromatic nitrogens is 2. The number of hydrogen-bond acceptors (Lipinski definition) is 5. The van der Waals surface area contributed by atoms with E-state index in [1.54, 1.807) is 54.4 Å². The molecule has 0 radical (unpaired) electrons. The Labute approximate surface area is 219 Å². The number of hydrogen-bond donors (Lipinski definition) is 2. The molecule has 0 fully saturated rings. The molecule has 8 nitrogen and oxygen atoms in total. The summed E-state index contributed by atoms with van der Waals surface area (Å²) in [5.74, 6) is -0.118. The molecule has 2 amide bonds. The van der Waals surface area contributed by atoms with Gasteiger partial charge in [-0.15, -0.1) is 0 Å². The maximum absolute atomic E-state index is 13.8. The van der Waals surface area contributed by atoms with Gasteiger partial charge in [0.05, 0.1) is 28.0 Å². The second kappa shape index (κ2) is 10.3. The molecule has 0 saturated carbocycles. The molecule has 0 aliphatic carbocycles. The highest BCUT2D eigenvalue weighted by Crippen LogP contribution is 2.27. The molecule has 10 heteroatoms. The van der Waals surface area contributed by atoms with Crippen molar-refractivity contribution in [3.63, 3.8) is 0 Å². The van der Waals surface area contributed by atoms with Gasteiger partial charge in [0, 0.05) is 35.8 Å². The van der Waals surface area contributed by atoms with Gasteiger partial charge in [0.2, 0.25) is 5.95 Å². The molecule has 0 unspecified atom stereocenters. The van der Waals surface area contributed by atoms with Crippen molar-refractivity contribution >= 4 is 41.0 Å². The van der Waals surface area contributed by atoms with Gasteiger partial charge in [0.1, 0.15) is 0 Å². The quantitative estimate of drug-likeness (QED) is 0.515. The van der Waals surface area contributed by atoms with E-state index in [9.17, 15) is 14.4 Å². The average molecular weight is 528 g/mol. The number of carbonyl (C=O) groups is 2. The van der Waals surface area contributed by atoms with Gasteiger partial charge in [-0.2, -0.15) is 0 Å². The Bertz CT molecular complexity index is 1400. The molecule has 0 bridgehead atoms. The van der Waals surface area contributed by atoms with Crippen LogP contribution in [0.2, 0.25) is 10.0 Å².